The van der Waals surface area contributed by atoms with Crippen LogP contribution in [-0.4, -0.2) is 11.2 Å². The van der Waals surface area contributed by atoms with Crippen molar-refractivity contribution in [3.05, 3.63) is 0 Å². The Morgan fingerprint density at radius 2 is 1.53 bits per heavy atom. The lowest BCUT2D eigenvalue weighted by molar-refractivity contribution is -0.129. The first-order valence-corrected chi connectivity index (χ1v) is 13.9. The van der Waals surface area contributed by atoms with Crippen molar-refractivity contribution in [1.82, 2.24) is 0 Å². The number of fused-ring (bicyclic) bond motifs is 5. The van der Waals surface area contributed by atoms with E-state index in [4.69, 9.17) is 0 Å². The van der Waals surface area contributed by atoms with Crippen molar-refractivity contribution in [3.63, 3.8) is 0 Å². The van der Waals surface area contributed by atoms with Gasteiger partial charge in [-0.15, -0.1) is 0 Å². The molecular weight excluding hydrogens is 364 g/mol. The van der Waals surface area contributed by atoms with E-state index >= 15 is 0 Å². The maximum atomic E-state index is 10.3. The van der Waals surface area contributed by atoms with Crippen LogP contribution in [0.1, 0.15) is 119 Å². The number of aliphatic hydroxyl groups excluding tert-OH is 1. The molecule has 4 aliphatic carbocycles. The predicted molar refractivity (Wildman–Crippen MR) is 128 cm³/mol. The Kier molecular flexibility index (Phi) is 6.72. The summed E-state index contributed by atoms with van der Waals surface area (Å²) in [5.41, 5.74) is 1.14. The van der Waals surface area contributed by atoms with Gasteiger partial charge in [-0.05, 0) is 122 Å². The molecule has 10 atom stereocenters. The van der Waals surface area contributed by atoms with E-state index in [1.54, 1.807) is 0 Å². The Morgan fingerprint density at radius 3 is 2.23 bits per heavy atom. The lowest BCUT2D eigenvalue weighted by atomic mass is 9.44. The molecule has 4 aliphatic rings. The first kappa shape index (κ1) is 23.1. The van der Waals surface area contributed by atoms with Gasteiger partial charge in [0.1, 0.15) is 0 Å². The minimum absolute atomic E-state index is 0.0111. The largest absolute Gasteiger partial charge is 0.393 e. The Bertz CT molecular complexity index is 583. The highest BCUT2D eigenvalue weighted by Gasteiger charge is 2.60. The highest BCUT2D eigenvalue weighted by atomic mass is 16.3. The molecule has 1 N–H and O–H groups in total. The molecule has 4 rings (SSSR count). The van der Waals surface area contributed by atoms with Crippen molar-refractivity contribution < 1.29 is 5.11 Å². The van der Waals surface area contributed by atoms with Crippen molar-refractivity contribution in [1.29, 1.82) is 0 Å². The van der Waals surface area contributed by atoms with E-state index in [1.807, 2.05) is 0 Å². The molecule has 4 fully saturated rings. The highest BCUT2D eigenvalue weighted by Crippen LogP contribution is 2.68. The van der Waals surface area contributed by atoms with Crippen molar-refractivity contribution in [2.45, 2.75) is 125 Å². The zero-order valence-electron chi connectivity index (χ0n) is 21.1. The van der Waals surface area contributed by atoms with Crippen LogP contribution < -0.4 is 0 Å². The molecule has 1 nitrogen and oxygen atoms in total. The fraction of sp³-hybridized carbons (Fsp3) is 1.00. The molecule has 30 heavy (non-hydrogen) atoms. The van der Waals surface area contributed by atoms with Gasteiger partial charge in [0.15, 0.2) is 0 Å². The van der Waals surface area contributed by atoms with Gasteiger partial charge in [0, 0.05) is 0 Å². The molecular formula is C29H52O. The van der Waals surface area contributed by atoms with Crippen molar-refractivity contribution >= 4 is 0 Å². The standard InChI is InChI=1S/C29H52O/c1-7-21(19(2)3)9-8-20(4)25-12-13-26-24-11-10-22-18-23(30)14-16-28(22,5)27(24)15-17-29(25,26)6/h19-27,30H,7-18H2,1-6H3/t20-,21-,22?,23+,24?,25?,26?,27?,28+,29-/m1/s1. The lowest BCUT2D eigenvalue weighted by Crippen LogP contribution is -2.54. The first-order chi connectivity index (χ1) is 14.2. The van der Waals surface area contributed by atoms with Crippen LogP contribution in [0, 0.1) is 58.2 Å². The van der Waals surface area contributed by atoms with E-state index in [1.165, 1.54) is 64.2 Å². The van der Waals surface area contributed by atoms with Gasteiger partial charge in [-0.2, -0.15) is 0 Å². The number of hydrogen-bond donors (Lipinski definition) is 1. The fourth-order valence-corrected chi connectivity index (χ4v) is 9.90. The summed E-state index contributed by atoms with van der Waals surface area (Å²) >= 11 is 0. The Labute approximate surface area is 188 Å². The van der Waals surface area contributed by atoms with Gasteiger partial charge < -0.3 is 5.11 Å². The zero-order chi connectivity index (χ0) is 21.7. The molecule has 1 heteroatoms. The summed E-state index contributed by atoms with van der Waals surface area (Å²) in [6.07, 6.45) is 16.5. The van der Waals surface area contributed by atoms with Crippen LogP contribution in [-0.2, 0) is 0 Å². The Hall–Kier alpha value is -0.0400. The summed E-state index contributed by atoms with van der Waals surface area (Å²) in [6.45, 7) is 15.2. The third kappa shape index (κ3) is 3.82. The van der Waals surface area contributed by atoms with E-state index in [2.05, 4.69) is 41.5 Å². The quantitative estimate of drug-likeness (QED) is 0.463. The Morgan fingerprint density at radius 1 is 0.833 bits per heavy atom. The van der Waals surface area contributed by atoms with Crippen LogP contribution in [0.2, 0.25) is 0 Å². The molecule has 4 saturated carbocycles. The third-order valence-electron chi connectivity index (χ3n) is 11.9. The minimum atomic E-state index is -0.0111. The molecule has 0 aromatic carbocycles. The average Bonchev–Trinajstić information content (AvgIpc) is 3.06. The van der Waals surface area contributed by atoms with Gasteiger partial charge >= 0.3 is 0 Å². The summed E-state index contributed by atoms with van der Waals surface area (Å²) in [5.74, 6) is 7.34. The summed E-state index contributed by atoms with van der Waals surface area (Å²) in [6, 6.07) is 0. The number of rotatable bonds is 6. The van der Waals surface area contributed by atoms with E-state index in [0.717, 1.165) is 60.2 Å². The number of hydrogen-bond acceptors (Lipinski definition) is 1. The van der Waals surface area contributed by atoms with Gasteiger partial charge in [0.25, 0.3) is 0 Å². The zero-order valence-corrected chi connectivity index (χ0v) is 21.1. The van der Waals surface area contributed by atoms with E-state index < -0.39 is 0 Å². The van der Waals surface area contributed by atoms with E-state index in [-0.39, 0.29) is 6.10 Å². The maximum Gasteiger partial charge on any atom is 0.0543 e. The fourth-order valence-electron chi connectivity index (χ4n) is 9.90. The SMILES string of the molecule is CC[C@H](CC[C@@H](C)C1CCC2C3CCC4C[C@@H](O)CC[C@]4(C)C3CC[C@@]21C)C(C)C. The lowest BCUT2D eigenvalue weighted by Gasteiger charge is -2.61. The van der Waals surface area contributed by atoms with Crippen molar-refractivity contribution in [3.8, 4) is 0 Å². The second-order valence-electron chi connectivity index (χ2n) is 13.3. The smallest absolute Gasteiger partial charge is 0.0543 e. The highest BCUT2D eigenvalue weighted by molar-refractivity contribution is 5.09. The van der Waals surface area contributed by atoms with Crippen LogP contribution >= 0.6 is 0 Å². The molecule has 0 aromatic heterocycles. The van der Waals surface area contributed by atoms with Crippen LogP contribution in [0.25, 0.3) is 0 Å². The van der Waals surface area contributed by atoms with E-state index in [0.29, 0.717) is 10.8 Å². The van der Waals surface area contributed by atoms with Gasteiger partial charge in [0.2, 0.25) is 0 Å². The third-order valence-corrected chi connectivity index (χ3v) is 11.9. The van der Waals surface area contributed by atoms with Gasteiger partial charge in [-0.25, -0.2) is 0 Å². The molecule has 0 spiro atoms. The number of aliphatic hydroxyl groups is 1. The topological polar surface area (TPSA) is 20.2 Å². The summed E-state index contributed by atoms with van der Waals surface area (Å²) in [4.78, 5) is 0. The van der Waals surface area contributed by atoms with E-state index in [9.17, 15) is 5.11 Å². The van der Waals surface area contributed by atoms with Crippen LogP contribution in [0.15, 0.2) is 0 Å². The summed E-state index contributed by atoms with van der Waals surface area (Å²) in [5, 5.41) is 10.3. The predicted octanol–water partition coefficient (Wildman–Crippen LogP) is 8.10. The van der Waals surface area contributed by atoms with Crippen LogP contribution in [0.3, 0.4) is 0 Å². The molecule has 0 radical (unpaired) electrons. The molecule has 0 aliphatic heterocycles. The summed E-state index contributed by atoms with van der Waals surface area (Å²) < 4.78 is 0. The molecule has 5 unspecified atom stereocenters. The molecule has 0 aromatic rings. The first-order valence-electron chi connectivity index (χ1n) is 13.9. The van der Waals surface area contributed by atoms with Gasteiger partial charge in [-0.1, -0.05) is 54.4 Å². The van der Waals surface area contributed by atoms with Crippen molar-refractivity contribution in [2.24, 2.45) is 58.2 Å². The molecule has 0 bridgehead atoms. The Balaban J connectivity index is 1.45. The normalized spacial score (nSPS) is 48.0. The van der Waals surface area contributed by atoms with Gasteiger partial charge in [0.05, 0.1) is 6.10 Å². The summed E-state index contributed by atoms with van der Waals surface area (Å²) in [7, 11) is 0. The van der Waals surface area contributed by atoms with Crippen LogP contribution in [0.5, 0.6) is 0 Å². The average molecular weight is 417 g/mol. The monoisotopic (exact) mass is 416 g/mol. The van der Waals surface area contributed by atoms with Crippen LogP contribution in [0.4, 0.5) is 0 Å². The second kappa shape index (κ2) is 8.72. The second-order valence-corrected chi connectivity index (χ2v) is 13.3. The van der Waals surface area contributed by atoms with Crippen molar-refractivity contribution in [2.75, 3.05) is 0 Å². The minimum Gasteiger partial charge on any atom is -0.393 e. The molecule has 0 amide bonds. The molecule has 0 heterocycles. The molecule has 174 valence electrons. The maximum absolute atomic E-state index is 10.3. The molecule has 0 saturated heterocycles. The van der Waals surface area contributed by atoms with Gasteiger partial charge in [-0.3, -0.25) is 0 Å².